The first-order chi connectivity index (χ1) is 9.90. The fourth-order valence-electron chi connectivity index (χ4n) is 2.36. The fourth-order valence-corrected chi connectivity index (χ4v) is 2.36. The van der Waals surface area contributed by atoms with Crippen molar-refractivity contribution in [2.24, 2.45) is 11.7 Å². The number of hydrogen-bond donors (Lipinski definition) is 3. The van der Waals surface area contributed by atoms with Crippen molar-refractivity contribution in [3.63, 3.8) is 0 Å². The van der Waals surface area contributed by atoms with E-state index in [2.05, 4.69) is 5.32 Å². The number of carboxylic acid groups (broad SMARTS) is 1. The minimum atomic E-state index is -0.780. The van der Waals surface area contributed by atoms with Crippen LogP contribution in [-0.4, -0.2) is 23.0 Å². The Morgan fingerprint density at radius 1 is 1.33 bits per heavy atom. The molecular formula is C16H22N2O3. The molecule has 1 aromatic rings. The molecule has 0 spiro atoms. The Morgan fingerprint density at radius 2 is 1.90 bits per heavy atom. The number of benzene rings is 1. The highest BCUT2D eigenvalue weighted by molar-refractivity contribution is 5.95. The first-order valence-electron chi connectivity index (χ1n) is 7.31. The smallest absolute Gasteiger partial charge is 0.314 e. The molecule has 0 saturated heterocycles. The van der Waals surface area contributed by atoms with Gasteiger partial charge in [0.1, 0.15) is 0 Å². The zero-order valence-corrected chi connectivity index (χ0v) is 12.4. The van der Waals surface area contributed by atoms with Crippen LogP contribution in [0.3, 0.4) is 0 Å². The van der Waals surface area contributed by atoms with Crippen molar-refractivity contribution < 1.29 is 14.7 Å². The van der Waals surface area contributed by atoms with Crippen LogP contribution in [0, 0.1) is 5.92 Å². The molecule has 0 radical (unpaired) electrons. The quantitative estimate of drug-likeness (QED) is 0.748. The van der Waals surface area contributed by atoms with E-state index in [1.165, 1.54) is 0 Å². The van der Waals surface area contributed by atoms with E-state index in [1.807, 2.05) is 13.8 Å². The van der Waals surface area contributed by atoms with Crippen LogP contribution in [0.15, 0.2) is 24.3 Å². The third kappa shape index (κ3) is 3.08. The van der Waals surface area contributed by atoms with Gasteiger partial charge in [0.15, 0.2) is 0 Å². The van der Waals surface area contributed by atoms with Gasteiger partial charge in [-0.25, -0.2) is 0 Å². The van der Waals surface area contributed by atoms with Gasteiger partial charge in [0, 0.05) is 5.69 Å². The summed E-state index contributed by atoms with van der Waals surface area (Å²) in [6.45, 7) is 3.94. The normalized spacial score (nSPS) is 18.6. The lowest BCUT2D eigenvalue weighted by atomic mass is 9.96. The van der Waals surface area contributed by atoms with Crippen LogP contribution in [0.4, 0.5) is 5.69 Å². The lowest BCUT2D eigenvalue weighted by Gasteiger charge is -2.18. The predicted octanol–water partition coefficient (Wildman–Crippen LogP) is 2.11. The highest BCUT2D eigenvalue weighted by Gasteiger charge is 2.51. The summed E-state index contributed by atoms with van der Waals surface area (Å²) >= 11 is 0. The Labute approximate surface area is 124 Å². The monoisotopic (exact) mass is 290 g/mol. The average molecular weight is 290 g/mol. The van der Waals surface area contributed by atoms with Crippen molar-refractivity contribution in [3.8, 4) is 0 Å². The Kier molecular flexibility index (Phi) is 4.32. The van der Waals surface area contributed by atoms with Crippen LogP contribution in [0.25, 0.3) is 0 Å². The van der Waals surface area contributed by atoms with Gasteiger partial charge in [-0.3, -0.25) is 9.59 Å². The summed E-state index contributed by atoms with van der Waals surface area (Å²) in [5.41, 5.74) is 6.60. The van der Waals surface area contributed by atoms with Crippen LogP contribution in [0.1, 0.15) is 38.7 Å². The first kappa shape index (κ1) is 15.5. The second-order valence-electron chi connectivity index (χ2n) is 5.87. The molecule has 1 fully saturated rings. The summed E-state index contributed by atoms with van der Waals surface area (Å²) in [7, 11) is 0. The lowest BCUT2D eigenvalue weighted by Crippen LogP contribution is -2.40. The summed E-state index contributed by atoms with van der Waals surface area (Å²) in [4.78, 5) is 23.2. The molecule has 21 heavy (non-hydrogen) atoms. The van der Waals surface area contributed by atoms with Crippen molar-refractivity contribution in [3.05, 3.63) is 29.8 Å². The van der Waals surface area contributed by atoms with E-state index >= 15 is 0 Å². The summed E-state index contributed by atoms with van der Waals surface area (Å²) < 4.78 is 0. The van der Waals surface area contributed by atoms with Gasteiger partial charge in [-0.2, -0.15) is 0 Å². The molecule has 2 atom stereocenters. The van der Waals surface area contributed by atoms with Crippen molar-refractivity contribution in [1.29, 1.82) is 0 Å². The maximum atomic E-state index is 12.0. The number of hydrogen-bond acceptors (Lipinski definition) is 3. The summed E-state index contributed by atoms with van der Waals surface area (Å²) in [5.74, 6) is -0.874. The van der Waals surface area contributed by atoms with Crippen LogP contribution in [-0.2, 0) is 15.0 Å². The number of carbonyl (C=O) groups is 2. The molecule has 4 N–H and O–H groups in total. The molecule has 0 heterocycles. The number of nitrogens with two attached hydrogens (primary N) is 1. The summed E-state index contributed by atoms with van der Waals surface area (Å²) in [6.07, 6.45) is 2.19. The van der Waals surface area contributed by atoms with E-state index in [-0.39, 0.29) is 11.8 Å². The first-order valence-corrected chi connectivity index (χ1v) is 7.31. The number of anilines is 1. The maximum absolute atomic E-state index is 12.0. The Morgan fingerprint density at radius 3 is 2.33 bits per heavy atom. The highest BCUT2D eigenvalue weighted by Crippen LogP contribution is 2.48. The van der Waals surface area contributed by atoms with E-state index in [0.29, 0.717) is 18.5 Å². The van der Waals surface area contributed by atoms with E-state index in [4.69, 9.17) is 5.73 Å². The second kappa shape index (κ2) is 5.85. The second-order valence-corrected chi connectivity index (χ2v) is 5.87. The minimum absolute atomic E-state index is 0.117. The van der Waals surface area contributed by atoms with Crippen molar-refractivity contribution in [2.75, 3.05) is 5.32 Å². The molecule has 2 rings (SSSR count). The molecule has 0 unspecified atom stereocenters. The number of rotatable bonds is 6. The lowest BCUT2D eigenvalue weighted by molar-refractivity contribution is -0.140. The maximum Gasteiger partial charge on any atom is 0.314 e. The van der Waals surface area contributed by atoms with Gasteiger partial charge in [-0.1, -0.05) is 32.4 Å². The third-order valence-electron chi connectivity index (χ3n) is 4.42. The average Bonchev–Trinajstić information content (AvgIpc) is 3.28. The van der Waals surface area contributed by atoms with E-state index in [9.17, 15) is 14.7 Å². The Hall–Kier alpha value is -1.88. The molecular weight excluding hydrogens is 268 g/mol. The molecule has 5 nitrogen and oxygen atoms in total. The van der Waals surface area contributed by atoms with Crippen LogP contribution < -0.4 is 11.1 Å². The fraction of sp³-hybridized carbons (Fsp3) is 0.500. The zero-order valence-electron chi connectivity index (χ0n) is 12.4. The molecule has 1 aliphatic rings. The van der Waals surface area contributed by atoms with Gasteiger partial charge in [0.2, 0.25) is 5.91 Å². The molecule has 1 amide bonds. The molecule has 1 aliphatic carbocycles. The zero-order chi connectivity index (χ0) is 15.6. The van der Waals surface area contributed by atoms with Gasteiger partial charge in [-0.05, 0) is 36.5 Å². The highest BCUT2D eigenvalue weighted by atomic mass is 16.4. The third-order valence-corrected chi connectivity index (χ3v) is 4.42. The van der Waals surface area contributed by atoms with E-state index in [1.54, 1.807) is 24.3 Å². The van der Waals surface area contributed by atoms with Crippen molar-refractivity contribution >= 4 is 17.6 Å². The predicted molar refractivity (Wildman–Crippen MR) is 81.0 cm³/mol. The topological polar surface area (TPSA) is 92.4 Å². The standard InChI is InChI=1S/C16H22N2O3/c1-3-10(2)13(17)14(19)18-12-6-4-11(5-7-12)16(8-9-16)15(20)21/h4-7,10,13H,3,8-9,17H2,1-2H3,(H,18,19)(H,20,21)/t10-,13-/m0/s1. The van der Waals surface area contributed by atoms with Crippen molar-refractivity contribution in [2.45, 2.75) is 44.6 Å². The van der Waals surface area contributed by atoms with Crippen molar-refractivity contribution in [1.82, 2.24) is 0 Å². The molecule has 114 valence electrons. The summed E-state index contributed by atoms with van der Waals surface area (Å²) in [5, 5.41) is 12.0. The van der Waals surface area contributed by atoms with E-state index in [0.717, 1.165) is 12.0 Å². The van der Waals surface area contributed by atoms with Gasteiger partial charge in [0.05, 0.1) is 11.5 Å². The number of carboxylic acids is 1. The van der Waals surface area contributed by atoms with Crippen LogP contribution >= 0.6 is 0 Å². The van der Waals surface area contributed by atoms with Crippen LogP contribution in [0.2, 0.25) is 0 Å². The largest absolute Gasteiger partial charge is 0.481 e. The number of nitrogens with one attached hydrogen (secondary N) is 1. The molecule has 0 aromatic heterocycles. The molecule has 0 bridgehead atoms. The van der Waals surface area contributed by atoms with Crippen LogP contribution in [0.5, 0.6) is 0 Å². The number of amides is 1. The Balaban J connectivity index is 2.03. The van der Waals surface area contributed by atoms with E-state index < -0.39 is 17.4 Å². The number of carbonyl (C=O) groups excluding carboxylic acids is 1. The SMILES string of the molecule is CC[C@H](C)[C@H](N)C(=O)Nc1ccc(C2(C(=O)O)CC2)cc1. The van der Waals surface area contributed by atoms with Gasteiger partial charge < -0.3 is 16.2 Å². The molecule has 1 saturated carbocycles. The molecule has 0 aliphatic heterocycles. The van der Waals surface area contributed by atoms with Gasteiger partial charge in [0.25, 0.3) is 0 Å². The minimum Gasteiger partial charge on any atom is -0.481 e. The number of aliphatic carboxylic acids is 1. The summed E-state index contributed by atoms with van der Waals surface area (Å²) in [6, 6.07) is 6.47. The molecule has 1 aromatic carbocycles. The Bertz CT molecular complexity index is 535. The van der Waals surface area contributed by atoms with Gasteiger partial charge >= 0.3 is 5.97 Å². The molecule has 5 heteroatoms. The van der Waals surface area contributed by atoms with Gasteiger partial charge in [-0.15, -0.1) is 0 Å².